The quantitative estimate of drug-likeness (QED) is 0.842. The van der Waals surface area contributed by atoms with Gasteiger partial charge in [0, 0.05) is 18.7 Å². The second kappa shape index (κ2) is 8.49. The van der Waals surface area contributed by atoms with Gasteiger partial charge in [-0.15, -0.1) is 0 Å². The van der Waals surface area contributed by atoms with E-state index < -0.39 is 5.97 Å². The highest BCUT2D eigenvalue weighted by Gasteiger charge is 2.21. The SMILES string of the molecule is COC(=O)c1ccc(C(=O)Nc2ccccc2C(=O)N2CCCCC2)cc1. The minimum absolute atomic E-state index is 0.0633. The molecule has 0 radical (unpaired) electrons. The summed E-state index contributed by atoms with van der Waals surface area (Å²) in [5.41, 5.74) is 1.73. The summed E-state index contributed by atoms with van der Waals surface area (Å²) < 4.78 is 4.65. The number of nitrogens with zero attached hydrogens (tertiary/aromatic N) is 1. The summed E-state index contributed by atoms with van der Waals surface area (Å²) in [4.78, 5) is 38.7. The van der Waals surface area contributed by atoms with Crippen LogP contribution in [0.15, 0.2) is 48.5 Å². The number of methoxy groups -OCH3 is 1. The summed E-state index contributed by atoms with van der Waals surface area (Å²) in [5.74, 6) is -0.864. The maximum absolute atomic E-state index is 12.8. The number of hydrogen-bond donors (Lipinski definition) is 1. The number of para-hydroxylation sites is 1. The third kappa shape index (κ3) is 4.34. The molecule has 140 valence electrons. The van der Waals surface area contributed by atoms with Gasteiger partial charge in [-0.3, -0.25) is 9.59 Å². The molecule has 1 aliphatic heterocycles. The van der Waals surface area contributed by atoms with Crippen molar-refractivity contribution in [2.45, 2.75) is 19.3 Å². The van der Waals surface area contributed by atoms with Gasteiger partial charge in [-0.25, -0.2) is 4.79 Å². The fourth-order valence-corrected chi connectivity index (χ4v) is 3.12. The molecular formula is C21H22N2O4. The molecule has 27 heavy (non-hydrogen) atoms. The van der Waals surface area contributed by atoms with Crippen molar-refractivity contribution in [2.24, 2.45) is 0 Å². The van der Waals surface area contributed by atoms with Crippen molar-refractivity contribution in [3.8, 4) is 0 Å². The summed E-state index contributed by atoms with van der Waals surface area (Å²) in [5, 5.41) is 2.81. The van der Waals surface area contributed by atoms with E-state index in [9.17, 15) is 14.4 Å². The van der Waals surface area contributed by atoms with Gasteiger partial charge in [0.05, 0.1) is 23.9 Å². The number of likely N-dealkylation sites (tertiary alicyclic amines) is 1. The van der Waals surface area contributed by atoms with Crippen molar-refractivity contribution in [2.75, 3.05) is 25.5 Å². The average Bonchev–Trinajstić information content (AvgIpc) is 2.73. The van der Waals surface area contributed by atoms with E-state index in [2.05, 4.69) is 10.1 Å². The Bertz CT molecular complexity index is 840. The molecule has 1 saturated heterocycles. The van der Waals surface area contributed by atoms with Crippen molar-refractivity contribution in [3.05, 3.63) is 65.2 Å². The molecule has 1 heterocycles. The molecule has 0 bridgehead atoms. The fourth-order valence-electron chi connectivity index (χ4n) is 3.12. The van der Waals surface area contributed by atoms with Crippen molar-refractivity contribution in [3.63, 3.8) is 0 Å². The first-order valence-corrected chi connectivity index (χ1v) is 8.98. The van der Waals surface area contributed by atoms with Crippen LogP contribution in [0, 0.1) is 0 Å². The van der Waals surface area contributed by atoms with E-state index >= 15 is 0 Å². The number of carbonyl (C=O) groups excluding carboxylic acids is 3. The van der Waals surface area contributed by atoms with Crippen molar-refractivity contribution in [1.29, 1.82) is 0 Å². The van der Waals surface area contributed by atoms with Crippen molar-refractivity contribution >= 4 is 23.5 Å². The Labute approximate surface area is 158 Å². The molecule has 2 aromatic carbocycles. The lowest BCUT2D eigenvalue weighted by atomic mass is 10.1. The lowest BCUT2D eigenvalue weighted by molar-refractivity contribution is 0.0600. The van der Waals surface area contributed by atoms with Gasteiger partial charge in [0.1, 0.15) is 0 Å². The molecule has 0 aliphatic carbocycles. The van der Waals surface area contributed by atoms with Crippen LogP contribution < -0.4 is 5.32 Å². The molecule has 2 amide bonds. The largest absolute Gasteiger partial charge is 0.465 e. The molecule has 6 nitrogen and oxygen atoms in total. The molecule has 0 spiro atoms. The zero-order valence-corrected chi connectivity index (χ0v) is 15.2. The minimum atomic E-state index is -0.459. The average molecular weight is 366 g/mol. The molecule has 6 heteroatoms. The van der Waals surface area contributed by atoms with Crippen LogP contribution >= 0.6 is 0 Å². The maximum Gasteiger partial charge on any atom is 0.337 e. The van der Waals surface area contributed by atoms with Gasteiger partial charge in [-0.05, 0) is 55.7 Å². The van der Waals surface area contributed by atoms with E-state index in [1.54, 1.807) is 36.4 Å². The maximum atomic E-state index is 12.8. The lowest BCUT2D eigenvalue weighted by Crippen LogP contribution is -2.36. The monoisotopic (exact) mass is 366 g/mol. The molecule has 0 aromatic heterocycles. The van der Waals surface area contributed by atoms with Gasteiger partial charge in [-0.2, -0.15) is 0 Å². The second-order valence-corrected chi connectivity index (χ2v) is 6.42. The minimum Gasteiger partial charge on any atom is -0.465 e. The predicted octanol–water partition coefficient (Wildman–Crippen LogP) is 3.35. The third-order valence-corrected chi connectivity index (χ3v) is 4.62. The molecule has 1 N–H and O–H groups in total. The second-order valence-electron chi connectivity index (χ2n) is 6.42. The zero-order valence-electron chi connectivity index (χ0n) is 15.2. The van der Waals surface area contributed by atoms with E-state index in [4.69, 9.17) is 0 Å². The highest BCUT2D eigenvalue weighted by molar-refractivity contribution is 6.09. The van der Waals surface area contributed by atoms with Crippen LogP contribution in [0.4, 0.5) is 5.69 Å². The molecule has 1 fully saturated rings. The number of ether oxygens (including phenoxy) is 1. The van der Waals surface area contributed by atoms with Gasteiger partial charge in [0.25, 0.3) is 11.8 Å². The first-order valence-electron chi connectivity index (χ1n) is 8.98. The highest BCUT2D eigenvalue weighted by atomic mass is 16.5. The van der Waals surface area contributed by atoms with Crippen LogP contribution in [0.3, 0.4) is 0 Å². The van der Waals surface area contributed by atoms with E-state index in [1.165, 1.54) is 19.2 Å². The van der Waals surface area contributed by atoms with Gasteiger partial charge in [0.2, 0.25) is 0 Å². The topological polar surface area (TPSA) is 75.7 Å². The summed E-state index contributed by atoms with van der Waals surface area (Å²) in [6, 6.07) is 13.2. The number of benzene rings is 2. The normalized spacial score (nSPS) is 13.7. The van der Waals surface area contributed by atoms with Crippen LogP contribution in [0.1, 0.15) is 50.3 Å². The summed E-state index contributed by atoms with van der Waals surface area (Å²) in [6.45, 7) is 1.49. The Morgan fingerprint density at radius 1 is 0.889 bits per heavy atom. The smallest absolute Gasteiger partial charge is 0.337 e. The number of piperidine rings is 1. The van der Waals surface area contributed by atoms with E-state index in [1.807, 2.05) is 4.90 Å². The van der Waals surface area contributed by atoms with E-state index in [0.717, 1.165) is 32.4 Å². The first-order chi connectivity index (χ1) is 13.1. The van der Waals surface area contributed by atoms with Gasteiger partial charge in [-0.1, -0.05) is 12.1 Å². The molecule has 0 atom stereocenters. The molecule has 2 aromatic rings. The van der Waals surface area contributed by atoms with Crippen LogP contribution in [0.5, 0.6) is 0 Å². The molecule has 1 aliphatic rings. The number of rotatable bonds is 4. The summed E-state index contributed by atoms with van der Waals surface area (Å²) in [7, 11) is 1.30. The van der Waals surface area contributed by atoms with Gasteiger partial charge >= 0.3 is 5.97 Å². The fraction of sp³-hybridized carbons (Fsp3) is 0.286. The van der Waals surface area contributed by atoms with Gasteiger partial charge < -0.3 is 15.0 Å². The van der Waals surface area contributed by atoms with Crippen LogP contribution in [-0.4, -0.2) is 42.9 Å². The van der Waals surface area contributed by atoms with Crippen molar-refractivity contribution < 1.29 is 19.1 Å². The van der Waals surface area contributed by atoms with E-state index in [0.29, 0.717) is 22.4 Å². The third-order valence-electron chi connectivity index (χ3n) is 4.62. The number of amides is 2. The zero-order chi connectivity index (χ0) is 19.2. The molecular weight excluding hydrogens is 344 g/mol. The Kier molecular flexibility index (Phi) is 5.86. The van der Waals surface area contributed by atoms with Crippen LogP contribution in [0.2, 0.25) is 0 Å². The number of anilines is 1. The number of nitrogens with one attached hydrogen (secondary N) is 1. The number of esters is 1. The van der Waals surface area contributed by atoms with Crippen LogP contribution in [0.25, 0.3) is 0 Å². The Balaban J connectivity index is 1.76. The standard InChI is InChI=1S/C21H22N2O4/c1-27-21(26)16-11-9-15(10-12-16)19(24)22-18-8-4-3-7-17(18)20(25)23-13-5-2-6-14-23/h3-4,7-12H,2,5-6,13-14H2,1H3,(H,22,24). The van der Waals surface area contributed by atoms with Crippen molar-refractivity contribution in [1.82, 2.24) is 4.90 Å². The highest BCUT2D eigenvalue weighted by Crippen LogP contribution is 2.21. The Hall–Kier alpha value is -3.15. The van der Waals surface area contributed by atoms with Crippen LogP contribution in [-0.2, 0) is 4.74 Å². The van der Waals surface area contributed by atoms with Gasteiger partial charge in [0.15, 0.2) is 0 Å². The predicted molar refractivity (Wildman–Crippen MR) is 102 cm³/mol. The first kappa shape index (κ1) is 18.6. The Morgan fingerprint density at radius 2 is 1.52 bits per heavy atom. The number of carbonyl (C=O) groups is 3. The molecule has 0 saturated carbocycles. The lowest BCUT2D eigenvalue weighted by Gasteiger charge is -2.27. The molecule has 0 unspecified atom stereocenters. The summed E-state index contributed by atoms with van der Waals surface area (Å²) in [6.07, 6.45) is 3.16. The summed E-state index contributed by atoms with van der Waals surface area (Å²) >= 11 is 0. The Morgan fingerprint density at radius 3 is 2.19 bits per heavy atom. The number of hydrogen-bond acceptors (Lipinski definition) is 4. The molecule has 3 rings (SSSR count). The van der Waals surface area contributed by atoms with E-state index in [-0.39, 0.29) is 11.8 Å².